The van der Waals surface area contributed by atoms with Crippen molar-refractivity contribution in [3.63, 3.8) is 0 Å². The smallest absolute Gasteiger partial charge is 0.288 e. The maximum atomic E-state index is 12.4. The number of carbonyl (C=O) groups excluding carboxylic acids is 3. The second-order valence-electron chi connectivity index (χ2n) is 6.62. The van der Waals surface area contributed by atoms with Crippen LogP contribution in [0.2, 0.25) is 0 Å². The minimum absolute atomic E-state index is 0.160. The molecule has 2 rings (SSSR count). The quantitative estimate of drug-likeness (QED) is 0.663. The molecule has 1 aromatic carbocycles. The number of likely N-dealkylation sites (N-methyl/N-ethyl adjacent to an activating group) is 1. The van der Waals surface area contributed by atoms with Crippen molar-refractivity contribution in [2.45, 2.75) is 26.4 Å². The molecule has 1 aliphatic rings. The van der Waals surface area contributed by atoms with E-state index in [4.69, 9.17) is 9.47 Å². The second kappa shape index (κ2) is 9.79. The molecule has 0 unspecified atom stereocenters. The average molecular weight is 410 g/mol. The van der Waals surface area contributed by atoms with Crippen molar-refractivity contribution in [2.24, 2.45) is 0 Å². The number of hydrogen-bond acceptors (Lipinski definition) is 7. The average Bonchev–Trinajstić information content (AvgIpc) is 3.00. The number of carbonyl (C=O) groups is 3. The van der Waals surface area contributed by atoms with Crippen LogP contribution in [0.15, 0.2) is 12.1 Å². The maximum Gasteiger partial charge on any atom is 0.288 e. The topological polar surface area (TPSA) is 88.2 Å². The third kappa shape index (κ3) is 5.17. The van der Waals surface area contributed by atoms with Gasteiger partial charge in [-0.05, 0) is 44.2 Å². The van der Waals surface area contributed by atoms with Gasteiger partial charge in [-0.3, -0.25) is 24.2 Å². The summed E-state index contributed by atoms with van der Waals surface area (Å²) in [5.74, 6) is 1.12. The first-order valence-corrected chi connectivity index (χ1v) is 9.93. The van der Waals surface area contributed by atoms with Gasteiger partial charge in [0, 0.05) is 19.6 Å². The fraction of sp³-hybridized carbons (Fsp3) is 0.526. The number of rotatable bonds is 9. The Morgan fingerprint density at radius 2 is 1.93 bits per heavy atom. The van der Waals surface area contributed by atoms with Crippen molar-refractivity contribution in [1.29, 1.82) is 0 Å². The highest BCUT2D eigenvalue weighted by molar-refractivity contribution is 8.14. The lowest BCUT2D eigenvalue weighted by Crippen LogP contribution is -2.45. The Kier molecular flexibility index (Phi) is 7.70. The number of aryl methyl sites for hydroxylation is 1. The summed E-state index contributed by atoms with van der Waals surface area (Å²) in [5.41, 5.74) is 2.07. The van der Waals surface area contributed by atoms with Crippen LogP contribution in [0, 0.1) is 6.92 Å². The largest absolute Gasteiger partial charge is 0.493 e. The number of benzene rings is 1. The Hall–Kier alpha value is -2.26. The molecule has 0 bridgehead atoms. The molecule has 28 heavy (non-hydrogen) atoms. The minimum Gasteiger partial charge on any atom is -0.493 e. The summed E-state index contributed by atoms with van der Waals surface area (Å²) in [6, 6.07) is 3.44. The van der Waals surface area contributed by atoms with Gasteiger partial charge in [0.1, 0.15) is 0 Å². The standard InChI is InChI=1S/C19H27N3O5S/c1-12-8-15(26-4)16(27-5)9-14(12)10-21(3)13(2)18(24)20-6-7-22-17(23)11-28-19(22)25/h8-9,13H,6-7,10-11H2,1-5H3,(H,20,24)/t13-/m1/s1. The van der Waals surface area contributed by atoms with Crippen molar-refractivity contribution in [3.05, 3.63) is 23.3 Å². The van der Waals surface area contributed by atoms with E-state index in [0.29, 0.717) is 18.0 Å². The van der Waals surface area contributed by atoms with E-state index in [1.807, 2.05) is 37.9 Å². The van der Waals surface area contributed by atoms with Gasteiger partial charge < -0.3 is 14.8 Å². The molecular weight excluding hydrogens is 382 g/mol. The molecule has 0 aromatic heterocycles. The van der Waals surface area contributed by atoms with Gasteiger partial charge in [0.05, 0.1) is 26.0 Å². The van der Waals surface area contributed by atoms with Crippen LogP contribution in [-0.2, 0) is 16.1 Å². The highest BCUT2D eigenvalue weighted by Gasteiger charge is 2.29. The van der Waals surface area contributed by atoms with E-state index in [2.05, 4.69) is 5.32 Å². The predicted molar refractivity (Wildman–Crippen MR) is 108 cm³/mol. The molecule has 8 nitrogen and oxygen atoms in total. The SMILES string of the molecule is COc1cc(C)c(CN(C)[C@H](C)C(=O)NCCN2C(=O)CSC2=O)cc1OC. The Morgan fingerprint density at radius 1 is 1.29 bits per heavy atom. The molecule has 1 heterocycles. The van der Waals surface area contributed by atoms with E-state index in [1.54, 1.807) is 14.2 Å². The van der Waals surface area contributed by atoms with E-state index in [1.165, 1.54) is 4.90 Å². The highest BCUT2D eigenvalue weighted by Crippen LogP contribution is 2.30. The Morgan fingerprint density at radius 3 is 2.50 bits per heavy atom. The molecule has 1 fully saturated rings. The number of hydrogen-bond donors (Lipinski definition) is 1. The van der Waals surface area contributed by atoms with Crippen LogP contribution in [-0.4, -0.2) is 73.0 Å². The van der Waals surface area contributed by atoms with Crippen molar-refractivity contribution >= 4 is 28.8 Å². The number of ether oxygens (including phenoxy) is 2. The summed E-state index contributed by atoms with van der Waals surface area (Å²) >= 11 is 0.989. The molecule has 0 aliphatic carbocycles. The van der Waals surface area contributed by atoms with Gasteiger partial charge in [-0.2, -0.15) is 0 Å². The van der Waals surface area contributed by atoms with Crippen LogP contribution in [0.5, 0.6) is 11.5 Å². The Labute approximate surface area is 169 Å². The molecule has 0 spiro atoms. The van der Waals surface area contributed by atoms with Crippen LogP contribution < -0.4 is 14.8 Å². The number of methoxy groups -OCH3 is 2. The Bertz CT molecular complexity index is 739. The monoisotopic (exact) mass is 409 g/mol. The van der Waals surface area contributed by atoms with Crippen molar-refractivity contribution < 1.29 is 23.9 Å². The molecule has 1 aromatic rings. The van der Waals surface area contributed by atoms with Gasteiger partial charge in [-0.25, -0.2) is 0 Å². The molecule has 154 valence electrons. The Balaban J connectivity index is 1.91. The summed E-state index contributed by atoms with van der Waals surface area (Å²) in [6.45, 7) is 4.79. The molecule has 1 N–H and O–H groups in total. The molecule has 1 aliphatic heterocycles. The van der Waals surface area contributed by atoms with Crippen LogP contribution >= 0.6 is 11.8 Å². The molecule has 3 amide bonds. The number of imide groups is 1. The van der Waals surface area contributed by atoms with Crippen LogP contribution in [0.4, 0.5) is 4.79 Å². The molecule has 0 saturated carbocycles. The third-order valence-corrected chi connectivity index (χ3v) is 5.64. The second-order valence-corrected chi connectivity index (χ2v) is 7.54. The lowest BCUT2D eigenvalue weighted by atomic mass is 10.1. The normalized spacial score (nSPS) is 15.1. The van der Waals surface area contributed by atoms with E-state index in [9.17, 15) is 14.4 Å². The number of nitrogens with one attached hydrogen (secondary N) is 1. The van der Waals surface area contributed by atoms with Gasteiger partial charge in [-0.15, -0.1) is 0 Å². The lowest BCUT2D eigenvalue weighted by Gasteiger charge is -2.25. The first-order chi connectivity index (χ1) is 13.3. The fourth-order valence-corrected chi connectivity index (χ4v) is 3.59. The van der Waals surface area contributed by atoms with Gasteiger partial charge in [0.2, 0.25) is 11.8 Å². The number of thioether (sulfide) groups is 1. The zero-order valence-electron chi connectivity index (χ0n) is 16.9. The van der Waals surface area contributed by atoms with Crippen LogP contribution in [0.3, 0.4) is 0 Å². The van der Waals surface area contributed by atoms with Crippen molar-refractivity contribution in [1.82, 2.24) is 15.1 Å². The summed E-state index contributed by atoms with van der Waals surface area (Å²) in [5, 5.41) is 2.54. The van der Waals surface area contributed by atoms with E-state index >= 15 is 0 Å². The molecule has 0 radical (unpaired) electrons. The van der Waals surface area contributed by atoms with Gasteiger partial charge in [0.25, 0.3) is 5.24 Å². The van der Waals surface area contributed by atoms with Crippen LogP contribution in [0.25, 0.3) is 0 Å². The number of nitrogens with zero attached hydrogens (tertiary/aromatic N) is 2. The molecule has 9 heteroatoms. The van der Waals surface area contributed by atoms with Crippen LogP contribution in [0.1, 0.15) is 18.1 Å². The first kappa shape index (κ1) is 22.0. The van der Waals surface area contributed by atoms with E-state index in [0.717, 1.165) is 22.9 Å². The fourth-order valence-electron chi connectivity index (χ4n) is 2.83. The predicted octanol–water partition coefficient (Wildman–Crippen LogP) is 1.64. The van der Waals surface area contributed by atoms with Crippen molar-refractivity contribution in [3.8, 4) is 11.5 Å². The third-order valence-electron chi connectivity index (χ3n) is 4.78. The highest BCUT2D eigenvalue weighted by atomic mass is 32.2. The zero-order valence-corrected chi connectivity index (χ0v) is 17.7. The molecule has 1 atom stereocenters. The van der Waals surface area contributed by atoms with Gasteiger partial charge in [-0.1, -0.05) is 11.8 Å². The van der Waals surface area contributed by atoms with Crippen molar-refractivity contribution in [2.75, 3.05) is 40.1 Å². The summed E-state index contributed by atoms with van der Waals surface area (Å²) < 4.78 is 10.7. The molecular formula is C19H27N3O5S. The van der Waals surface area contributed by atoms with Gasteiger partial charge >= 0.3 is 0 Å². The maximum absolute atomic E-state index is 12.4. The molecule has 1 saturated heterocycles. The summed E-state index contributed by atoms with van der Waals surface area (Å²) in [6.07, 6.45) is 0. The van der Waals surface area contributed by atoms with E-state index < -0.39 is 0 Å². The lowest BCUT2D eigenvalue weighted by molar-refractivity contribution is -0.127. The first-order valence-electron chi connectivity index (χ1n) is 8.95. The van der Waals surface area contributed by atoms with E-state index in [-0.39, 0.29) is 41.9 Å². The summed E-state index contributed by atoms with van der Waals surface area (Å²) in [4.78, 5) is 38.7. The zero-order chi connectivity index (χ0) is 20.8. The number of amides is 3. The summed E-state index contributed by atoms with van der Waals surface area (Å²) in [7, 11) is 5.05. The minimum atomic E-state index is -0.383. The van der Waals surface area contributed by atoms with Gasteiger partial charge in [0.15, 0.2) is 11.5 Å².